The second-order valence-electron chi connectivity index (χ2n) is 6.22. The number of carbonyl (C=O) groups excluding carboxylic acids is 1. The number of aromatic nitrogens is 3. The predicted octanol–water partition coefficient (Wildman–Crippen LogP) is 2.73. The highest BCUT2D eigenvalue weighted by Gasteiger charge is 2.20. The van der Waals surface area contributed by atoms with Gasteiger partial charge in [0.25, 0.3) is 11.6 Å². The van der Waals surface area contributed by atoms with Gasteiger partial charge in [0.05, 0.1) is 15.5 Å². The molecule has 0 unspecified atom stereocenters. The van der Waals surface area contributed by atoms with E-state index in [9.17, 15) is 19.3 Å². The minimum atomic E-state index is -0.636. The molecule has 158 valence electrons. The first-order valence-electron chi connectivity index (χ1n) is 8.91. The number of amides is 1. The summed E-state index contributed by atoms with van der Waals surface area (Å²) in [5.41, 5.74) is 0.104. The molecule has 3 rings (SSSR count). The summed E-state index contributed by atoms with van der Waals surface area (Å²) in [6, 6.07) is 10.2. The molecule has 0 radical (unpaired) electrons. The molecule has 0 fully saturated rings. The van der Waals surface area contributed by atoms with Crippen LogP contribution in [0.5, 0.6) is 0 Å². The highest BCUT2D eigenvalue weighted by molar-refractivity contribution is 7.99. The van der Waals surface area contributed by atoms with E-state index in [1.54, 1.807) is 23.8 Å². The van der Waals surface area contributed by atoms with Crippen molar-refractivity contribution in [2.24, 2.45) is 7.05 Å². The summed E-state index contributed by atoms with van der Waals surface area (Å²) in [5, 5.41) is 34.1. The molecule has 0 aliphatic rings. The number of hydrogen-bond acceptors (Lipinski definition) is 8. The van der Waals surface area contributed by atoms with E-state index in [1.165, 1.54) is 36.7 Å². The third-order valence-corrected chi connectivity index (χ3v) is 5.26. The normalized spacial score (nSPS) is 10.4. The van der Waals surface area contributed by atoms with Crippen LogP contribution in [0.4, 0.5) is 15.8 Å². The Hall–Kier alpha value is -3.98. The summed E-state index contributed by atoms with van der Waals surface area (Å²) < 4.78 is 15.2. The van der Waals surface area contributed by atoms with Gasteiger partial charge in [-0.05, 0) is 36.0 Å². The minimum absolute atomic E-state index is 0.111. The largest absolute Gasteiger partial charge is 0.382 e. The number of anilines is 1. The summed E-state index contributed by atoms with van der Waals surface area (Å²) >= 11 is 1.07. The Bertz CT molecular complexity index is 1180. The molecule has 0 aliphatic heterocycles. The lowest BCUT2D eigenvalue weighted by Gasteiger charge is -2.10. The molecule has 12 heteroatoms. The molecule has 0 atom stereocenters. The van der Waals surface area contributed by atoms with E-state index in [2.05, 4.69) is 20.8 Å². The number of nitrogens with zero attached hydrogens (tertiary/aromatic N) is 5. The fourth-order valence-corrected chi connectivity index (χ4v) is 3.46. The standard InChI is InChI=1S/C19H16FN7O3S/c1-26-11-24-25-19(26)31-17-6-5-12(9-16(17)27(29)30)18(28)23-8-7-22-15-4-2-3-14(20)13(15)10-21/h2-6,9,11,22H,7-8H2,1H3,(H,23,28). The molecular weight excluding hydrogens is 425 g/mol. The van der Waals surface area contributed by atoms with Crippen LogP contribution in [0.2, 0.25) is 0 Å². The number of hydrogen-bond donors (Lipinski definition) is 2. The topological polar surface area (TPSA) is 139 Å². The van der Waals surface area contributed by atoms with Crippen LogP contribution in [-0.4, -0.2) is 38.7 Å². The summed E-state index contributed by atoms with van der Waals surface area (Å²) in [4.78, 5) is 23.6. The second kappa shape index (κ2) is 9.68. The van der Waals surface area contributed by atoms with Gasteiger partial charge in [-0.2, -0.15) is 5.26 Å². The van der Waals surface area contributed by atoms with Gasteiger partial charge in [-0.3, -0.25) is 14.9 Å². The summed E-state index contributed by atoms with van der Waals surface area (Å²) in [5.74, 6) is -1.14. The van der Waals surface area contributed by atoms with E-state index in [-0.39, 0.29) is 29.9 Å². The first-order valence-corrected chi connectivity index (χ1v) is 9.73. The summed E-state index contributed by atoms with van der Waals surface area (Å²) in [6.07, 6.45) is 1.48. The van der Waals surface area contributed by atoms with Crippen LogP contribution in [0.25, 0.3) is 0 Å². The van der Waals surface area contributed by atoms with Gasteiger partial charge in [0, 0.05) is 31.8 Å². The van der Waals surface area contributed by atoms with Crippen molar-refractivity contribution in [3.63, 3.8) is 0 Å². The number of nitrogens with one attached hydrogen (secondary N) is 2. The lowest BCUT2D eigenvalue weighted by molar-refractivity contribution is -0.387. The SMILES string of the molecule is Cn1cnnc1Sc1ccc(C(=O)NCCNc2cccc(F)c2C#N)cc1[N+](=O)[O-]. The van der Waals surface area contributed by atoms with Gasteiger partial charge in [0.15, 0.2) is 5.16 Å². The molecule has 0 aliphatic carbocycles. The minimum Gasteiger partial charge on any atom is -0.382 e. The third kappa shape index (κ3) is 5.14. The molecule has 0 saturated heterocycles. The van der Waals surface area contributed by atoms with Crippen molar-refractivity contribution in [2.75, 3.05) is 18.4 Å². The van der Waals surface area contributed by atoms with Crippen LogP contribution < -0.4 is 10.6 Å². The number of nitro groups is 1. The molecular formula is C19H16FN7O3S. The number of halogens is 1. The zero-order valence-corrected chi connectivity index (χ0v) is 17.0. The lowest BCUT2D eigenvalue weighted by atomic mass is 10.2. The Balaban J connectivity index is 1.63. The fraction of sp³-hybridized carbons (Fsp3) is 0.158. The molecule has 10 nitrogen and oxygen atoms in total. The number of carbonyl (C=O) groups is 1. The van der Waals surface area contributed by atoms with Crippen molar-refractivity contribution in [2.45, 2.75) is 10.1 Å². The third-order valence-electron chi connectivity index (χ3n) is 4.14. The number of rotatable bonds is 8. The van der Waals surface area contributed by atoms with Crippen molar-refractivity contribution in [1.29, 1.82) is 5.26 Å². The number of aryl methyl sites for hydroxylation is 1. The van der Waals surface area contributed by atoms with Gasteiger partial charge >= 0.3 is 0 Å². The van der Waals surface area contributed by atoms with Gasteiger partial charge in [0.1, 0.15) is 23.8 Å². The maximum Gasteiger partial charge on any atom is 0.284 e. The molecule has 0 bridgehead atoms. The number of benzene rings is 2. The second-order valence-corrected chi connectivity index (χ2v) is 7.23. The van der Waals surface area contributed by atoms with Crippen LogP contribution in [0.1, 0.15) is 15.9 Å². The van der Waals surface area contributed by atoms with Crippen molar-refractivity contribution in [3.05, 3.63) is 69.8 Å². The Morgan fingerprint density at radius 1 is 1.35 bits per heavy atom. The van der Waals surface area contributed by atoms with E-state index in [0.717, 1.165) is 11.8 Å². The Morgan fingerprint density at radius 2 is 2.16 bits per heavy atom. The molecule has 1 aromatic heterocycles. The average Bonchev–Trinajstić information content (AvgIpc) is 3.15. The van der Waals surface area contributed by atoms with Crippen LogP contribution >= 0.6 is 11.8 Å². The maximum absolute atomic E-state index is 13.6. The molecule has 31 heavy (non-hydrogen) atoms. The zero-order valence-electron chi connectivity index (χ0n) is 16.2. The van der Waals surface area contributed by atoms with E-state index in [4.69, 9.17) is 5.26 Å². The highest BCUT2D eigenvalue weighted by atomic mass is 32.2. The Labute approximate surface area is 180 Å². The molecule has 2 N–H and O–H groups in total. The first-order chi connectivity index (χ1) is 14.9. The highest BCUT2D eigenvalue weighted by Crippen LogP contribution is 2.34. The predicted molar refractivity (Wildman–Crippen MR) is 110 cm³/mol. The Morgan fingerprint density at radius 3 is 2.84 bits per heavy atom. The van der Waals surface area contributed by atoms with E-state index < -0.39 is 16.6 Å². The molecule has 0 spiro atoms. The van der Waals surface area contributed by atoms with E-state index in [1.807, 2.05) is 0 Å². The maximum atomic E-state index is 13.6. The fourth-order valence-electron chi connectivity index (χ4n) is 2.61. The van der Waals surface area contributed by atoms with Gasteiger partial charge in [-0.25, -0.2) is 4.39 Å². The van der Waals surface area contributed by atoms with Crippen LogP contribution in [0.3, 0.4) is 0 Å². The monoisotopic (exact) mass is 441 g/mol. The summed E-state index contributed by atoms with van der Waals surface area (Å²) in [7, 11) is 1.72. The number of nitro benzene ring substituents is 1. The number of nitriles is 1. The zero-order chi connectivity index (χ0) is 22.4. The van der Waals surface area contributed by atoms with E-state index in [0.29, 0.717) is 15.7 Å². The van der Waals surface area contributed by atoms with Crippen molar-refractivity contribution in [1.82, 2.24) is 20.1 Å². The molecule has 1 amide bonds. The van der Waals surface area contributed by atoms with Crippen LogP contribution in [0, 0.1) is 27.3 Å². The Kier molecular flexibility index (Phi) is 6.78. The van der Waals surface area contributed by atoms with Crippen molar-refractivity contribution in [3.8, 4) is 6.07 Å². The average molecular weight is 441 g/mol. The molecule has 1 heterocycles. The molecule has 2 aromatic carbocycles. The molecule has 0 saturated carbocycles. The quantitative estimate of drug-likeness (QED) is 0.309. The van der Waals surface area contributed by atoms with Gasteiger partial charge in [-0.15, -0.1) is 10.2 Å². The smallest absolute Gasteiger partial charge is 0.284 e. The lowest BCUT2D eigenvalue weighted by Crippen LogP contribution is -2.29. The van der Waals surface area contributed by atoms with Gasteiger partial charge in [0.2, 0.25) is 0 Å². The van der Waals surface area contributed by atoms with Gasteiger partial charge < -0.3 is 15.2 Å². The molecule has 3 aromatic rings. The van der Waals surface area contributed by atoms with E-state index >= 15 is 0 Å². The van der Waals surface area contributed by atoms with Crippen molar-refractivity contribution >= 4 is 29.0 Å². The van der Waals surface area contributed by atoms with Crippen molar-refractivity contribution < 1.29 is 14.1 Å². The van der Waals surface area contributed by atoms with Crippen LogP contribution in [-0.2, 0) is 7.05 Å². The first kappa shape index (κ1) is 21.7. The van der Waals surface area contributed by atoms with Crippen LogP contribution in [0.15, 0.2) is 52.8 Å². The summed E-state index contributed by atoms with van der Waals surface area (Å²) in [6.45, 7) is 0.384. The van der Waals surface area contributed by atoms with Gasteiger partial charge in [-0.1, -0.05) is 6.07 Å².